The van der Waals surface area contributed by atoms with E-state index in [1.807, 2.05) is 0 Å². The van der Waals surface area contributed by atoms with E-state index in [4.69, 9.17) is 4.42 Å². The van der Waals surface area contributed by atoms with E-state index in [0.29, 0.717) is 30.2 Å². The molecule has 0 radical (unpaired) electrons. The molecule has 4 heterocycles. The first-order chi connectivity index (χ1) is 15.4. The number of aromatic nitrogens is 6. The molecule has 1 aliphatic rings. The molecule has 0 amide bonds. The van der Waals surface area contributed by atoms with Crippen LogP contribution in [0.2, 0.25) is 0 Å². The summed E-state index contributed by atoms with van der Waals surface area (Å²) in [5, 5.41) is 11.4. The number of nitrogens with zero attached hydrogens (tertiary/aromatic N) is 7. The van der Waals surface area contributed by atoms with Crippen molar-refractivity contribution in [1.82, 2.24) is 34.2 Å². The van der Waals surface area contributed by atoms with Gasteiger partial charge in [-0.2, -0.15) is 4.98 Å². The van der Waals surface area contributed by atoms with Crippen molar-refractivity contribution < 1.29 is 8.81 Å². The quantitative estimate of drug-likeness (QED) is 0.474. The number of piperazine rings is 1. The number of rotatable bonds is 4. The van der Waals surface area contributed by atoms with Gasteiger partial charge in [-0.15, -0.1) is 10.2 Å². The summed E-state index contributed by atoms with van der Waals surface area (Å²) in [5.74, 6) is 0.700. The number of hydrogen-bond donors (Lipinski definition) is 1. The molecule has 1 N–H and O–H groups in total. The highest BCUT2D eigenvalue weighted by molar-refractivity contribution is 5.74. The molecule has 0 aliphatic carbocycles. The van der Waals surface area contributed by atoms with Crippen LogP contribution in [0.1, 0.15) is 5.89 Å². The van der Waals surface area contributed by atoms with Crippen molar-refractivity contribution in [3.63, 3.8) is 0 Å². The first kappa shape index (κ1) is 20.1. The van der Waals surface area contributed by atoms with Crippen molar-refractivity contribution in [2.24, 2.45) is 14.1 Å². The van der Waals surface area contributed by atoms with Crippen molar-refractivity contribution in [1.29, 1.82) is 0 Å². The Labute approximate surface area is 180 Å². The molecule has 12 heteroatoms. The number of benzene rings is 1. The second kappa shape index (κ2) is 7.71. The van der Waals surface area contributed by atoms with Gasteiger partial charge in [0.05, 0.1) is 0 Å². The zero-order chi connectivity index (χ0) is 22.4. The molecule has 166 valence electrons. The third kappa shape index (κ3) is 3.28. The second-order valence-corrected chi connectivity index (χ2v) is 7.62. The summed E-state index contributed by atoms with van der Waals surface area (Å²) in [4.78, 5) is 32.2. The van der Waals surface area contributed by atoms with Crippen molar-refractivity contribution in [2.75, 3.05) is 31.1 Å². The van der Waals surface area contributed by atoms with Gasteiger partial charge in [0.2, 0.25) is 17.7 Å². The Morgan fingerprint density at radius 3 is 2.50 bits per heavy atom. The summed E-state index contributed by atoms with van der Waals surface area (Å²) in [6.45, 7) is 3.03. The van der Waals surface area contributed by atoms with Crippen LogP contribution in [-0.4, -0.2) is 55.1 Å². The molecule has 0 atom stereocenters. The van der Waals surface area contributed by atoms with Gasteiger partial charge in [0.15, 0.2) is 11.2 Å². The highest BCUT2D eigenvalue weighted by Gasteiger charge is 2.25. The van der Waals surface area contributed by atoms with E-state index >= 15 is 0 Å². The average Bonchev–Trinajstić information content (AvgIpc) is 3.43. The van der Waals surface area contributed by atoms with Crippen LogP contribution < -0.4 is 21.5 Å². The molecule has 0 spiro atoms. The standard InChI is InChI=1S/C20H21FN8O3/c1-26-16-15(18(30)27(2)20(26)31)29(19(23-16)28-9-7-22-8-10-28)11-14-24-25-17(32-14)12-3-5-13(21)6-4-12/h3-6,22H,7-11H2,1-2H3. The van der Waals surface area contributed by atoms with Crippen LogP contribution in [0.15, 0.2) is 38.3 Å². The highest BCUT2D eigenvalue weighted by atomic mass is 19.1. The lowest BCUT2D eigenvalue weighted by molar-refractivity contribution is 0.487. The van der Waals surface area contributed by atoms with Gasteiger partial charge in [-0.05, 0) is 24.3 Å². The summed E-state index contributed by atoms with van der Waals surface area (Å²) < 4.78 is 23.1. The van der Waals surface area contributed by atoms with Gasteiger partial charge >= 0.3 is 5.69 Å². The maximum atomic E-state index is 13.2. The summed E-state index contributed by atoms with van der Waals surface area (Å²) in [7, 11) is 3.02. The lowest BCUT2D eigenvalue weighted by Crippen LogP contribution is -2.44. The second-order valence-electron chi connectivity index (χ2n) is 7.62. The number of anilines is 1. The predicted molar refractivity (Wildman–Crippen MR) is 114 cm³/mol. The lowest BCUT2D eigenvalue weighted by Gasteiger charge is -2.28. The molecule has 0 saturated carbocycles. The van der Waals surface area contributed by atoms with E-state index in [2.05, 4.69) is 25.4 Å². The smallest absolute Gasteiger partial charge is 0.332 e. The van der Waals surface area contributed by atoms with Gasteiger partial charge in [-0.25, -0.2) is 9.18 Å². The van der Waals surface area contributed by atoms with Gasteiger partial charge in [-0.3, -0.25) is 18.5 Å². The molecule has 1 fully saturated rings. The molecule has 0 unspecified atom stereocenters. The largest absolute Gasteiger partial charge is 0.419 e. The van der Waals surface area contributed by atoms with Crippen molar-refractivity contribution in [3.05, 3.63) is 56.8 Å². The number of imidazole rings is 1. The molecular formula is C20H21FN8O3. The third-order valence-corrected chi connectivity index (χ3v) is 5.58. The first-order valence-corrected chi connectivity index (χ1v) is 10.1. The molecule has 1 saturated heterocycles. The number of hydrogen-bond acceptors (Lipinski definition) is 8. The molecule has 1 aromatic carbocycles. The SMILES string of the molecule is Cn1c(=O)c2c(nc(N3CCNCC3)n2Cc2nnc(-c3ccc(F)cc3)o2)n(C)c1=O. The lowest BCUT2D eigenvalue weighted by atomic mass is 10.2. The van der Waals surface area contributed by atoms with Crippen LogP contribution in [0.4, 0.5) is 10.3 Å². The maximum Gasteiger partial charge on any atom is 0.332 e. The van der Waals surface area contributed by atoms with Crippen molar-refractivity contribution in [2.45, 2.75) is 6.54 Å². The van der Waals surface area contributed by atoms with Crippen LogP contribution in [0.3, 0.4) is 0 Å². The molecule has 3 aromatic heterocycles. The molecule has 0 bridgehead atoms. The summed E-state index contributed by atoms with van der Waals surface area (Å²) in [6.07, 6.45) is 0. The van der Waals surface area contributed by atoms with Gasteiger partial charge < -0.3 is 14.6 Å². The van der Waals surface area contributed by atoms with Crippen LogP contribution in [0, 0.1) is 5.82 Å². The van der Waals surface area contributed by atoms with Crippen molar-refractivity contribution >= 4 is 17.1 Å². The monoisotopic (exact) mass is 440 g/mol. The number of halogens is 1. The van der Waals surface area contributed by atoms with E-state index in [-0.39, 0.29) is 29.7 Å². The fraction of sp³-hybridized carbons (Fsp3) is 0.350. The van der Waals surface area contributed by atoms with Crippen LogP contribution in [-0.2, 0) is 20.6 Å². The van der Waals surface area contributed by atoms with E-state index in [1.165, 1.54) is 23.7 Å². The normalized spacial score (nSPS) is 14.4. The Bertz CT molecular complexity index is 1410. The highest BCUT2D eigenvalue weighted by Crippen LogP contribution is 2.23. The Morgan fingerprint density at radius 2 is 1.78 bits per heavy atom. The minimum Gasteiger partial charge on any atom is -0.419 e. The minimum absolute atomic E-state index is 0.0946. The Hall–Kier alpha value is -3.80. The number of nitrogens with one attached hydrogen (secondary N) is 1. The van der Waals surface area contributed by atoms with Crippen LogP contribution in [0.5, 0.6) is 0 Å². The molecule has 5 rings (SSSR count). The fourth-order valence-electron chi connectivity index (χ4n) is 3.85. The van der Waals surface area contributed by atoms with Gasteiger partial charge in [0.1, 0.15) is 12.4 Å². The average molecular weight is 440 g/mol. The zero-order valence-corrected chi connectivity index (χ0v) is 17.6. The maximum absolute atomic E-state index is 13.2. The third-order valence-electron chi connectivity index (χ3n) is 5.58. The Balaban J connectivity index is 1.63. The van der Waals surface area contributed by atoms with Crippen LogP contribution >= 0.6 is 0 Å². The van der Waals surface area contributed by atoms with E-state index in [0.717, 1.165) is 17.7 Å². The van der Waals surface area contributed by atoms with Crippen LogP contribution in [0.25, 0.3) is 22.6 Å². The summed E-state index contributed by atoms with van der Waals surface area (Å²) in [5.41, 5.74) is 0.265. The molecule has 11 nitrogen and oxygen atoms in total. The Morgan fingerprint density at radius 1 is 1.06 bits per heavy atom. The van der Waals surface area contributed by atoms with Crippen molar-refractivity contribution in [3.8, 4) is 11.5 Å². The van der Waals surface area contributed by atoms with Gasteiger partial charge in [-0.1, -0.05) is 0 Å². The molecule has 1 aliphatic heterocycles. The van der Waals surface area contributed by atoms with E-state index in [9.17, 15) is 14.0 Å². The zero-order valence-electron chi connectivity index (χ0n) is 17.6. The topological polar surface area (TPSA) is 116 Å². The minimum atomic E-state index is -0.449. The molecular weight excluding hydrogens is 419 g/mol. The molecule has 32 heavy (non-hydrogen) atoms. The summed E-state index contributed by atoms with van der Waals surface area (Å²) >= 11 is 0. The first-order valence-electron chi connectivity index (χ1n) is 10.1. The van der Waals surface area contributed by atoms with E-state index in [1.54, 1.807) is 23.7 Å². The number of aryl methyl sites for hydroxylation is 1. The van der Waals surface area contributed by atoms with Gasteiger partial charge in [0.25, 0.3) is 5.56 Å². The Kier molecular flexibility index (Phi) is 4.85. The fourth-order valence-corrected chi connectivity index (χ4v) is 3.85. The molecule has 4 aromatic rings. The predicted octanol–water partition coefficient (Wildman–Crippen LogP) is 0.0807. The van der Waals surface area contributed by atoms with E-state index < -0.39 is 11.2 Å². The van der Waals surface area contributed by atoms with Gasteiger partial charge in [0, 0.05) is 45.8 Å². The summed E-state index contributed by atoms with van der Waals surface area (Å²) in [6, 6.07) is 5.73. The number of fused-ring (bicyclic) bond motifs is 1.